The number of hydrogen-bond donors (Lipinski definition) is 3. The van der Waals surface area contributed by atoms with Crippen molar-refractivity contribution >= 4 is 35.3 Å². The van der Waals surface area contributed by atoms with E-state index in [-0.39, 0.29) is 24.3 Å². The van der Waals surface area contributed by atoms with Crippen molar-refractivity contribution in [3.8, 4) is 0 Å². The number of carbonyl (C=O) groups excluding carboxylic acids is 3. The molecule has 0 aromatic heterocycles. The fourth-order valence-electron chi connectivity index (χ4n) is 3.08. The number of nitrogens with two attached hydrogens (primary N) is 1. The molecule has 0 radical (unpaired) electrons. The lowest BCUT2D eigenvalue weighted by atomic mass is 9.93. The molecule has 3 rings (SSSR count). The molecule has 4 N–H and O–H groups in total. The second-order valence-corrected chi connectivity index (χ2v) is 6.21. The minimum Gasteiger partial charge on any atom is -0.351 e. The third-order valence-corrected chi connectivity index (χ3v) is 4.28. The van der Waals surface area contributed by atoms with Crippen molar-refractivity contribution in [3.05, 3.63) is 65.9 Å². The van der Waals surface area contributed by atoms with E-state index in [0.29, 0.717) is 11.4 Å². The highest BCUT2D eigenvalue weighted by molar-refractivity contribution is 5.93. The van der Waals surface area contributed by atoms with Gasteiger partial charge in [-0.05, 0) is 41.5 Å². The fourth-order valence-corrected chi connectivity index (χ4v) is 3.08. The quantitative estimate of drug-likeness (QED) is 0.776. The highest BCUT2D eigenvalue weighted by Crippen LogP contribution is 2.33. The number of nitrogens with zero attached hydrogens (tertiary/aromatic N) is 1. The molecule has 0 saturated heterocycles. The summed E-state index contributed by atoms with van der Waals surface area (Å²) in [5.41, 5.74) is 8.12. The van der Waals surface area contributed by atoms with Gasteiger partial charge in [-0.1, -0.05) is 24.3 Å². The molecule has 7 heteroatoms. The van der Waals surface area contributed by atoms with E-state index in [1.54, 1.807) is 35.4 Å². The maximum absolute atomic E-state index is 12.6. The molecule has 7 nitrogen and oxygen atoms in total. The molecule has 0 fully saturated rings. The monoisotopic (exact) mass is 364 g/mol. The van der Waals surface area contributed by atoms with Crippen LogP contribution < -0.4 is 16.4 Å². The predicted octanol–water partition coefficient (Wildman–Crippen LogP) is 3.08. The van der Waals surface area contributed by atoms with Gasteiger partial charge in [-0.3, -0.25) is 9.59 Å². The molecule has 0 spiro atoms. The van der Waals surface area contributed by atoms with E-state index in [1.165, 1.54) is 6.92 Å². The largest absolute Gasteiger partial charge is 0.351 e. The summed E-state index contributed by atoms with van der Waals surface area (Å²) in [6, 6.07) is 13.3. The Morgan fingerprint density at radius 3 is 2.26 bits per heavy atom. The van der Waals surface area contributed by atoms with Crippen molar-refractivity contribution in [3.63, 3.8) is 0 Å². The molecule has 1 heterocycles. The Balaban J connectivity index is 1.73. The van der Waals surface area contributed by atoms with E-state index < -0.39 is 6.03 Å². The third-order valence-electron chi connectivity index (χ3n) is 4.28. The Hall–Kier alpha value is -3.61. The van der Waals surface area contributed by atoms with Crippen LogP contribution in [-0.4, -0.2) is 22.7 Å². The number of rotatable bonds is 4. The molecular formula is C20H20N4O3. The van der Waals surface area contributed by atoms with Crippen LogP contribution in [0.2, 0.25) is 0 Å². The summed E-state index contributed by atoms with van der Waals surface area (Å²) in [5, 5.41) is 5.27. The molecule has 1 unspecified atom stereocenters. The van der Waals surface area contributed by atoms with E-state index in [4.69, 9.17) is 5.73 Å². The second-order valence-electron chi connectivity index (χ2n) is 6.21. The number of fused-ring (bicyclic) bond motifs is 1. The van der Waals surface area contributed by atoms with Crippen molar-refractivity contribution in [2.75, 3.05) is 10.6 Å². The zero-order valence-electron chi connectivity index (χ0n) is 14.8. The van der Waals surface area contributed by atoms with Crippen LogP contribution in [-0.2, 0) is 9.59 Å². The number of urea groups is 1. The summed E-state index contributed by atoms with van der Waals surface area (Å²) in [4.78, 5) is 37.0. The number of hydrogen-bond acceptors (Lipinski definition) is 3. The van der Waals surface area contributed by atoms with Gasteiger partial charge in [-0.15, -0.1) is 0 Å². The molecule has 0 aliphatic carbocycles. The van der Waals surface area contributed by atoms with E-state index in [1.807, 2.05) is 30.3 Å². The predicted molar refractivity (Wildman–Crippen MR) is 104 cm³/mol. The minimum absolute atomic E-state index is 0.125. The van der Waals surface area contributed by atoms with Crippen LogP contribution in [0.15, 0.2) is 54.7 Å². The van der Waals surface area contributed by atoms with Gasteiger partial charge >= 0.3 is 6.03 Å². The van der Waals surface area contributed by atoms with Gasteiger partial charge in [0.2, 0.25) is 11.8 Å². The van der Waals surface area contributed by atoms with Gasteiger partial charge in [0.25, 0.3) is 0 Å². The number of anilines is 2. The zero-order chi connectivity index (χ0) is 19.4. The van der Waals surface area contributed by atoms with Crippen molar-refractivity contribution in [2.24, 2.45) is 5.73 Å². The number of benzene rings is 2. The zero-order valence-corrected chi connectivity index (χ0v) is 14.8. The van der Waals surface area contributed by atoms with Crippen LogP contribution in [0.1, 0.15) is 30.5 Å². The van der Waals surface area contributed by atoms with Crippen molar-refractivity contribution in [2.45, 2.75) is 19.4 Å². The van der Waals surface area contributed by atoms with Crippen LogP contribution in [0.5, 0.6) is 0 Å². The Morgan fingerprint density at radius 1 is 1.00 bits per heavy atom. The number of primary amides is 1. The van der Waals surface area contributed by atoms with E-state index in [9.17, 15) is 14.4 Å². The molecule has 0 saturated carbocycles. The smallest absolute Gasteiger partial charge is 0.316 e. The lowest BCUT2D eigenvalue weighted by molar-refractivity contribution is -0.129. The summed E-state index contributed by atoms with van der Waals surface area (Å²) in [6.07, 6.45) is 3.71. The SMILES string of the molecule is CC(=O)N1C=Cc2ccccc2C1CC(=O)Nc1ccc(NC(N)=O)cc1. The Labute approximate surface area is 156 Å². The van der Waals surface area contributed by atoms with Crippen LogP contribution in [0.3, 0.4) is 0 Å². The summed E-state index contributed by atoms with van der Waals surface area (Å²) in [6.45, 7) is 1.48. The minimum atomic E-state index is -0.653. The highest BCUT2D eigenvalue weighted by atomic mass is 16.2. The molecule has 0 bridgehead atoms. The Kier molecular flexibility index (Phi) is 5.21. The normalized spacial score (nSPS) is 15.0. The molecule has 1 aliphatic heterocycles. The van der Waals surface area contributed by atoms with Gasteiger partial charge in [-0.2, -0.15) is 0 Å². The van der Waals surface area contributed by atoms with Crippen LogP contribution in [0.4, 0.5) is 16.2 Å². The summed E-state index contributed by atoms with van der Waals surface area (Å²) >= 11 is 0. The first-order valence-corrected chi connectivity index (χ1v) is 8.46. The van der Waals surface area contributed by atoms with E-state index in [2.05, 4.69) is 10.6 Å². The lowest BCUT2D eigenvalue weighted by Crippen LogP contribution is -2.33. The first-order valence-electron chi connectivity index (χ1n) is 8.46. The van der Waals surface area contributed by atoms with Gasteiger partial charge < -0.3 is 21.3 Å². The molecule has 138 valence electrons. The van der Waals surface area contributed by atoms with Crippen LogP contribution >= 0.6 is 0 Å². The van der Waals surface area contributed by atoms with Crippen LogP contribution in [0, 0.1) is 0 Å². The molecule has 2 aromatic rings. The van der Waals surface area contributed by atoms with Crippen molar-refractivity contribution in [1.82, 2.24) is 4.90 Å². The summed E-state index contributed by atoms with van der Waals surface area (Å²) < 4.78 is 0. The maximum Gasteiger partial charge on any atom is 0.316 e. The van der Waals surface area contributed by atoms with Crippen LogP contribution in [0.25, 0.3) is 6.08 Å². The van der Waals surface area contributed by atoms with Gasteiger partial charge in [0, 0.05) is 24.5 Å². The Bertz CT molecular complexity index is 906. The standard InChI is InChI=1S/C20H20N4O3/c1-13(25)24-11-10-14-4-2-3-5-17(14)18(24)12-19(26)22-15-6-8-16(9-7-15)23-20(21)27/h2-11,18H,12H2,1H3,(H,22,26)(H3,21,23,27). The number of nitrogens with one attached hydrogen (secondary N) is 2. The van der Waals surface area contributed by atoms with E-state index >= 15 is 0 Å². The first-order chi connectivity index (χ1) is 12.9. The summed E-state index contributed by atoms with van der Waals surface area (Å²) in [7, 11) is 0. The number of carbonyl (C=O) groups is 3. The first kappa shape index (κ1) is 18.2. The second kappa shape index (κ2) is 7.74. The average Bonchev–Trinajstić information content (AvgIpc) is 2.63. The molecule has 1 atom stereocenters. The van der Waals surface area contributed by atoms with Gasteiger partial charge in [-0.25, -0.2) is 4.79 Å². The van der Waals surface area contributed by atoms with E-state index in [0.717, 1.165) is 11.1 Å². The molecule has 1 aliphatic rings. The molecule has 27 heavy (non-hydrogen) atoms. The molecule has 2 aromatic carbocycles. The highest BCUT2D eigenvalue weighted by Gasteiger charge is 2.28. The number of amides is 4. The molecule has 4 amide bonds. The lowest BCUT2D eigenvalue weighted by Gasteiger charge is -2.32. The van der Waals surface area contributed by atoms with Crippen molar-refractivity contribution < 1.29 is 14.4 Å². The topological polar surface area (TPSA) is 105 Å². The average molecular weight is 364 g/mol. The summed E-state index contributed by atoms with van der Waals surface area (Å²) in [5.74, 6) is -0.340. The van der Waals surface area contributed by atoms with Gasteiger partial charge in [0.05, 0.1) is 12.5 Å². The van der Waals surface area contributed by atoms with Crippen molar-refractivity contribution in [1.29, 1.82) is 0 Å². The van der Waals surface area contributed by atoms with Gasteiger partial charge in [0.1, 0.15) is 0 Å². The maximum atomic E-state index is 12.6. The molecular weight excluding hydrogens is 344 g/mol. The van der Waals surface area contributed by atoms with Gasteiger partial charge in [0.15, 0.2) is 0 Å². The Morgan fingerprint density at radius 2 is 1.63 bits per heavy atom. The third kappa shape index (κ3) is 4.33. The fraction of sp³-hybridized carbons (Fsp3) is 0.150.